The van der Waals surface area contributed by atoms with E-state index in [0.717, 1.165) is 25.2 Å². The number of hydrogen-bond acceptors (Lipinski definition) is 2. The number of nitrogens with zero attached hydrogens (tertiary/aromatic N) is 2. The molecule has 1 radical (unpaired) electrons. The molecule has 3 heteroatoms. The van der Waals surface area contributed by atoms with Gasteiger partial charge in [0.1, 0.15) is 5.82 Å². The Hall–Kier alpha value is -0.930. The third kappa shape index (κ3) is 3.51. The van der Waals surface area contributed by atoms with Crippen LogP contribution >= 0.6 is 0 Å². The van der Waals surface area contributed by atoms with E-state index in [4.69, 9.17) is 0 Å². The molecule has 1 heterocycles. The standard InChI is InChI=1S/C14H20FN2/c1-16(2)14-6-8-17(9-7-14)11-12-4-3-5-13(15)10-12/h3-5,14H,6-9,11H2,1-2H3. The molecular formula is C14H20FN2. The third-order valence-corrected chi connectivity index (χ3v) is 3.50. The van der Waals surface area contributed by atoms with Crippen molar-refractivity contribution in [2.75, 3.05) is 27.2 Å². The summed E-state index contributed by atoms with van der Waals surface area (Å²) in [6, 6.07) is 8.62. The Morgan fingerprint density at radius 2 is 2.06 bits per heavy atom. The SMILES string of the molecule is CN(C)C1CCN(Cc2[c]c(F)ccc2)CC1. The summed E-state index contributed by atoms with van der Waals surface area (Å²) in [7, 11) is 4.28. The zero-order valence-corrected chi connectivity index (χ0v) is 10.6. The summed E-state index contributed by atoms with van der Waals surface area (Å²) in [6.07, 6.45) is 2.39. The van der Waals surface area contributed by atoms with E-state index < -0.39 is 0 Å². The minimum atomic E-state index is -0.259. The molecule has 0 spiro atoms. The van der Waals surface area contributed by atoms with Crippen molar-refractivity contribution in [3.8, 4) is 0 Å². The van der Waals surface area contributed by atoms with Gasteiger partial charge in [-0.2, -0.15) is 0 Å². The monoisotopic (exact) mass is 235 g/mol. The van der Waals surface area contributed by atoms with Crippen molar-refractivity contribution >= 4 is 0 Å². The molecule has 0 amide bonds. The van der Waals surface area contributed by atoms with E-state index in [2.05, 4.69) is 30.0 Å². The van der Waals surface area contributed by atoms with Gasteiger partial charge in [-0.1, -0.05) is 12.1 Å². The molecule has 2 nitrogen and oxygen atoms in total. The molecule has 0 aliphatic carbocycles. The lowest BCUT2D eigenvalue weighted by atomic mass is 10.0. The van der Waals surface area contributed by atoms with E-state index in [-0.39, 0.29) is 5.82 Å². The maximum atomic E-state index is 13.0. The van der Waals surface area contributed by atoms with Gasteiger partial charge in [0, 0.05) is 18.7 Å². The summed E-state index contributed by atoms with van der Waals surface area (Å²) in [5.74, 6) is -0.259. The van der Waals surface area contributed by atoms with Crippen LogP contribution in [0.15, 0.2) is 18.2 Å². The summed E-state index contributed by atoms with van der Waals surface area (Å²) >= 11 is 0. The lowest BCUT2D eigenvalue weighted by molar-refractivity contribution is 0.140. The first-order chi connectivity index (χ1) is 8.15. The quantitative estimate of drug-likeness (QED) is 0.792. The fraction of sp³-hybridized carbons (Fsp3) is 0.571. The smallest absolute Gasteiger partial charge is 0.131 e. The first-order valence-electron chi connectivity index (χ1n) is 6.20. The topological polar surface area (TPSA) is 6.48 Å². The molecule has 1 saturated heterocycles. The summed E-state index contributed by atoms with van der Waals surface area (Å²) < 4.78 is 13.0. The maximum Gasteiger partial charge on any atom is 0.131 e. The molecule has 1 aliphatic heterocycles. The van der Waals surface area contributed by atoms with Crippen molar-refractivity contribution in [1.29, 1.82) is 0 Å². The molecule has 1 aromatic carbocycles. The van der Waals surface area contributed by atoms with Gasteiger partial charge in [0.05, 0.1) is 0 Å². The van der Waals surface area contributed by atoms with Crippen LogP contribution in [0.25, 0.3) is 0 Å². The van der Waals surface area contributed by atoms with Gasteiger partial charge < -0.3 is 4.90 Å². The first kappa shape index (κ1) is 12.5. The molecule has 0 aromatic heterocycles. The predicted molar refractivity (Wildman–Crippen MR) is 67.2 cm³/mol. The van der Waals surface area contributed by atoms with Crippen LogP contribution in [-0.2, 0) is 6.54 Å². The highest BCUT2D eigenvalue weighted by atomic mass is 19.1. The van der Waals surface area contributed by atoms with Gasteiger partial charge in [-0.3, -0.25) is 4.90 Å². The van der Waals surface area contributed by atoms with Crippen molar-refractivity contribution in [3.63, 3.8) is 0 Å². The fourth-order valence-electron chi connectivity index (χ4n) is 2.41. The number of halogens is 1. The highest BCUT2D eigenvalue weighted by molar-refractivity contribution is 5.14. The molecule has 0 N–H and O–H groups in total. The third-order valence-electron chi connectivity index (χ3n) is 3.50. The van der Waals surface area contributed by atoms with E-state index in [9.17, 15) is 4.39 Å². The average Bonchev–Trinajstić information content (AvgIpc) is 2.29. The Morgan fingerprint density at radius 3 is 2.65 bits per heavy atom. The summed E-state index contributed by atoms with van der Waals surface area (Å²) in [4.78, 5) is 4.68. The Labute approximate surface area is 103 Å². The molecule has 2 rings (SSSR count). The molecular weight excluding hydrogens is 215 g/mol. The van der Waals surface area contributed by atoms with E-state index >= 15 is 0 Å². The fourth-order valence-corrected chi connectivity index (χ4v) is 2.41. The van der Waals surface area contributed by atoms with Gasteiger partial charge in [0.25, 0.3) is 0 Å². The largest absolute Gasteiger partial charge is 0.306 e. The van der Waals surface area contributed by atoms with Crippen molar-refractivity contribution < 1.29 is 4.39 Å². The number of hydrogen-bond donors (Lipinski definition) is 0. The molecule has 0 atom stereocenters. The van der Waals surface area contributed by atoms with Crippen LogP contribution in [0.4, 0.5) is 4.39 Å². The molecule has 93 valence electrons. The summed E-state index contributed by atoms with van der Waals surface area (Å²) in [5, 5.41) is 0. The number of rotatable bonds is 3. The van der Waals surface area contributed by atoms with Crippen molar-refractivity contribution in [1.82, 2.24) is 9.80 Å². The second-order valence-corrected chi connectivity index (χ2v) is 4.99. The lowest BCUT2D eigenvalue weighted by Gasteiger charge is -2.35. The van der Waals surface area contributed by atoms with Gasteiger partial charge in [-0.15, -0.1) is 0 Å². The second-order valence-electron chi connectivity index (χ2n) is 4.99. The van der Waals surface area contributed by atoms with Crippen LogP contribution in [0.3, 0.4) is 0 Å². The van der Waals surface area contributed by atoms with Crippen molar-refractivity contribution in [3.05, 3.63) is 35.6 Å². The van der Waals surface area contributed by atoms with E-state index in [1.54, 1.807) is 6.07 Å². The van der Waals surface area contributed by atoms with Gasteiger partial charge >= 0.3 is 0 Å². The molecule has 17 heavy (non-hydrogen) atoms. The number of benzene rings is 1. The van der Waals surface area contributed by atoms with E-state index in [1.165, 1.54) is 18.9 Å². The van der Waals surface area contributed by atoms with Gasteiger partial charge in [-0.05, 0) is 51.7 Å². The summed E-state index contributed by atoms with van der Waals surface area (Å²) in [5.41, 5.74) is 0.952. The summed E-state index contributed by atoms with van der Waals surface area (Å²) in [6.45, 7) is 3.00. The van der Waals surface area contributed by atoms with Crippen LogP contribution in [0.2, 0.25) is 0 Å². The number of likely N-dealkylation sites (tertiary alicyclic amines) is 1. The van der Waals surface area contributed by atoms with Crippen molar-refractivity contribution in [2.45, 2.75) is 25.4 Å². The molecule has 0 saturated carbocycles. The minimum absolute atomic E-state index is 0.259. The van der Waals surface area contributed by atoms with E-state index in [1.807, 2.05) is 6.07 Å². The first-order valence-corrected chi connectivity index (χ1v) is 6.20. The average molecular weight is 235 g/mol. The number of piperidine rings is 1. The Bertz CT molecular complexity index is 357. The molecule has 1 aromatic rings. The minimum Gasteiger partial charge on any atom is -0.306 e. The second kappa shape index (κ2) is 5.61. The van der Waals surface area contributed by atoms with Crippen molar-refractivity contribution in [2.24, 2.45) is 0 Å². The Kier molecular flexibility index (Phi) is 4.13. The Morgan fingerprint density at radius 1 is 1.35 bits per heavy atom. The molecule has 1 fully saturated rings. The zero-order valence-electron chi connectivity index (χ0n) is 10.6. The van der Waals surface area contributed by atoms with E-state index in [0.29, 0.717) is 6.04 Å². The molecule has 1 aliphatic rings. The van der Waals surface area contributed by atoms with Gasteiger partial charge in [-0.25, -0.2) is 4.39 Å². The van der Waals surface area contributed by atoms with Crippen LogP contribution in [-0.4, -0.2) is 43.0 Å². The normalized spacial score (nSPS) is 18.8. The van der Waals surface area contributed by atoms with Crippen LogP contribution in [0, 0.1) is 11.9 Å². The maximum absolute atomic E-state index is 13.0. The zero-order chi connectivity index (χ0) is 12.3. The Balaban J connectivity index is 1.86. The highest BCUT2D eigenvalue weighted by Crippen LogP contribution is 2.16. The van der Waals surface area contributed by atoms with Gasteiger partial charge in [0.2, 0.25) is 0 Å². The molecule has 0 bridgehead atoms. The molecule has 0 unspecified atom stereocenters. The van der Waals surface area contributed by atoms with Crippen LogP contribution < -0.4 is 0 Å². The predicted octanol–water partition coefficient (Wildman–Crippen LogP) is 2.15. The highest BCUT2D eigenvalue weighted by Gasteiger charge is 2.20. The lowest BCUT2D eigenvalue weighted by Crippen LogP contribution is -2.41. The van der Waals surface area contributed by atoms with Crippen LogP contribution in [0.5, 0.6) is 0 Å². The van der Waals surface area contributed by atoms with Gasteiger partial charge in [0.15, 0.2) is 0 Å². The van der Waals surface area contributed by atoms with Crippen LogP contribution in [0.1, 0.15) is 18.4 Å².